The minimum absolute atomic E-state index is 0.0630. The SMILES string of the molecule is COc1ccc(-c2noc(CCC(=O)NC(C)c3cccc(C(F)(F)F)c3)n2)cc1. The molecule has 0 fully saturated rings. The van der Waals surface area contributed by atoms with E-state index in [1.807, 2.05) is 0 Å². The summed E-state index contributed by atoms with van der Waals surface area (Å²) in [6.45, 7) is 1.63. The van der Waals surface area contributed by atoms with E-state index in [1.165, 1.54) is 6.07 Å². The molecule has 6 nitrogen and oxygen atoms in total. The van der Waals surface area contributed by atoms with E-state index in [9.17, 15) is 18.0 Å². The van der Waals surface area contributed by atoms with Crippen LogP contribution in [0.3, 0.4) is 0 Å². The fourth-order valence-electron chi connectivity index (χ4n) is 2.82. The van der Waals surface area contributed by atoms with E-state index < -0.39 is 17.8 Å². The van der Waals surface area contributed by atoms with Crippen molar-refractivity contribution in [2.24, 2.45) is 0 Å². The van der Waals surface area contributed by atoms with Gasteiger partial charge in [-0.3, -0.25) is 4.79 Å². The van der Waals surface area contributed by atoms with E-state index in [1.54, 1.807) is 44.4 Å². The number of rotatable bonds is 7. The molecule has 0 bridgehead atoms. The van der Waals surface area contributed by atoms with Crippen LogP contribution in [0.2, 0.25) is 0 Å². The van der Waals surface area contributed by atoms with Crippen LogP contribution in [0.5, 0.6) is 5.75 Å². The lowest BCUT2D eigenvalue weighted by Crippen LogP contribution is -2.27. The van der Waals surface area contributed by atoms with E-state index >= 15 is 0 Å². The molecule has 1 heterocycles. The Bertz CT molecular complexity index is 1000. The third-order valence-corrected chi connectivity index (χ3v) is 4.47. The molecule has 158 valence electrons. The van der Waals surface area contributed by atoms with Gasteiger partial charge >= 0.3 is 6.18 Å². The third-order valence-electron chi connectivity index (χ3n) is 4.47. The molecule has 0 saturated carbocycles. The summed E-state index contributed by atoms with van der Waals surface area (Å²) in [4.78, 5) is 16.5. The summed E-state index contributed by atoms with van der Waals surface area (Å²) in [5.74, 6) is 1.06. The highest BCUT2D eigenvalue weighted by molar-refractivity contribution is 5.76. The van der Waals surface area contributed by atoms with Crippen molar-refractivity contribution in [3.63, 3.8) is 0 Å². The predicted molar refractivity (Wildman–Crippen MR) is 103 cm³/mol. The Morgan fingerprint density at radius 3 is 2.60 bits per heavy atom. The van der Waals surface area contributed by atoms with Gasteiger partial charge in [-0.05, 0) is 48.9 Å². The number of aryl methyl sites for hydroxylation is 1. The van der Waals surface area contributed by atoms with Gasteiger partial charge in [-0.15, -0.1) is 0 Å². The van der Waals surface area contributed by atoms with Crippen molar-refractivity contribution in [2.75, 3.05) is 7.11 Å². The number of methoxy groups -OCH3 is 1. The first-order chi connectivity index (χ1) is 14.3. The van der Waals surface area contributed by atoms with Gasteiger partial charge < -0.3 is 14.6 Å². The molecule has 1 N–H and O–H groups in total. The number of nitrogens with one attached hydrogen (secondary N) is 1. The summed E-state index contributed by atoms with van der Waals surface area (Å²) < 4.78 is 48.8. The lowest BCUT2D eigenvalue weighted by atomic mass is 10.0. The molecule has 3 rings (SSSR count). The molecule has 3 aromatic rings. The van der Waals surface area contributed by atoms with Crippen LogP contribution in [0.1, 0.15) is 36.4 Å². The molecule has 1 atom stereocenters. The molecule has 0 spiro atoms. The van der Waals surface area contributed by atoms with Crippen molar-refractivity contribution in [1.29, 1.82) is 0 Å². The topological polar surface area (TPSA) is 77.2 Å². The largest absolute Gasteiger partial charge is 0.497 e. The molecule has 1 aromatic heterocycles. The maximum absolute atomic E-state index is 12.8. The van der Waals surface area contributed by atoms with Crippen LogP contribution in [0.15, 0.2) is 53.1 Å². The number of hydrogen-bond acceptors (Lipinski definition) is 5. The number of carbonyl (C=O) groups is 1. The van der Waals surface area contributed by atoms with Gasteiger partial charge in [0.05, 0.1) is 18.7 Å². The second-order valence-electron chi connectivity index (χ2n) is 6.65. The lowest BCUT2D eigenvalue weighted by molar-refractivity contribution is -0.137. The van der Waals surface area contributed by atoms with Crippen molar-refractivity contribution in [3.8, 4) is 17.1 Å². The van der Waals surface area contributed by atoms with E-state index in [4.69, 9.17) is 9.26 Å². The molecule has 0 aliphatic carbocycles. The number of benzene rings is 2. The first-order valence-corrected chi connectivity index (χ1v) is 9.20. The average molecular weight is 419 g/mol. The Kier molecular flexibility index (Phi) is 6.39. The van der Waals surface area contributed by atoms with Crippen LogP contribution in [-0.2, 0) is 17.4 Å². The van der Waals surface area contributed by atoms with Gasteiger partial charge in [0.25, 0.3) is 0 Å². The van der Waals surface area contributed by atoms with Crippen molar-refractivity contribution in [3.05, 3.63) is 65.5 Å². The van der Waals surface area contributed by atoms with Crippen LogP contribution >= 0.6 is 0 Å². The molecule has 0 aliphatic rings. The normalized spacial score (nSPS) is 12.4. The van der Waals surface area contributed by atoms with Crippen molar-refractivity contribution in [2.45, 2.75) is 32.0 Å². The zero-order valence-corrected chi connectivity index (χ0v) is 16.4. The van der Waals surface area contributed by atoms with E-state index in [-0.39, 0.29) is 18.7 Å². The van der Waals surface area contributed by atoms with Gasteiger partial charge in [-0.1, -0.05) is 17.3 Å². The number of alkyl halides is 3. The number of aromatic nitrogens is 2. The standard InChI is InChI=1S/C21H20F3N3O3/c1-13(15-4-3-5-16(12-15)21(22,23)24)25-18(28)10-11-19-26-20(27-30-19)14-6-8-17(29-2)9-7-14/h3-9,12-13H,10-11H2,1-2H3,(H,25,28). The van der Waals surface area contributed by atoms with Gasteiger partial charge in [0.1, 0.15) is 5.75 Å². The Balaban J connectivity index is 1.55. The fraction of sp³-hybridized carbons (Fsp3) is 0.286. The van der Waals surface area contributed by atoms with Crippen LogP contribution in [-0.4, -0.2) is 23.2 Å². The number of ether oxygens (including phenoxy) is 1. The highest BCUT2D eigenvalue weighted by Crippen LogP contribution is 2.30. The summed E-state index contributed by atoms with van der Waals surface area (Å²) in [7, 11) is 1.57. The maximum Gasteiger partial charge on any atom is 0.416 e. The third kappa shape index (κ3) is 5.37. The predicted octanol–water partition coefficient (Wildman–Crippen LogP) is 4.57. The zero-order chi connectivity index (χ0) is 21.7. The van der Waals surface area contributed by atoms with Crippen molar-refractivity contribution >= 4 is 5.91 Å². The molecular formula is C21H20F3N3O3. The summed E-state index contributed by atoms with van der Waals surface area (Å²) in [5.41, 5.74) is 0.365. The number of hydrogen-bond donors (Lipinski definition) is 1. The smallest absolute Gasteiger partial charge is 0.416 e. The van der Waals surface area contributed by atoms with E-state index in [2.05, 4.69) is 15.5 Å². The highest BCUT2D eigenvalue weighted by Gasteiger charge is 2.30. The lowest BCUT2D eigenvalue weighted by Gasteiger charge is -2.16. The zero-order valence-electron chi connectivity index (χ0n) is 16.4. The van der Waals surface area contributed by atoms with Crippen LogP contribution in [0, 0.1) is 0 Å². The fourth-order valence-corrected chi connectivity index (χ4v) is 2.82. The first-order valence-electron chi connectivity index (χ1n) is 9.20. The summed E-state index contributed by atoms with van der Waals surface area (Å²) in [6, 6.07) is 11.4. The average Bonchev–Trinajstić information content (AvgIpc) is 3.21. The summed E-state index contributed by atoms with van der Waals surface area (Å²) in [6.07, 6.45) is -4.16. The second-order valence-corrected chi connectivity index (χ2v) is 6.65. The van der Waals surface area contributed by atoms with Gasteiger partial charge in [0.15, 0.2) is 0 Å². The van der Waals surface area contributed by atoms with Crippen molar-refractivity contribution < 1.29 is 27.2 Å². The maximum atomic E-state index is 12.8. The number of carbonyl (C=O) groups excluding carboxylic acids is 1. The van der Waals surface area contributed by atoms with Gasteiger partial charge in [-0.2, -0.15) is 18.2 Å². The molecule has 30 heavy (non-hydrogen) atoms. The Morgan fingerprint density at radius 1 is 1.20 bits per heavy atom. The monoisotopic (exact) mass is 419 g/mol. The molecule has 0 radical (unpaired) electrons. The molecule has 1 amide bonds. The second kappa shape index (κ2) is 8.98. The quantitative estimate of drug-likeness (QED) is 0.607. The molecule has 0 aliphatic heterocycles. The first kappa shape index (κ1) is 21.4. The Morgan fingerprint density at radius 2 is 1.93 bits per heavy atom. The Labute approximate surface area is 171 Å². The van der Waals surface area contributed by atoms with Gasteiger partial charge in [0.2, 0.25) is 17.6 Å². The number of halogens is 3. The van der Waals surface area contributed by atoms with Crippen LogP contribution in [0.4, 0.5) is 13.2 Å². The minimum atomic E-state index is -4.43. The molecule has 0 saturated heterocycles. The number of nitrogens with zero attached hydrogens (tertiary/aromatic N) is 2. The van der Waals surface area contributed by atoms with E-state index in [0.717, 1.165) is 17.7 Å². The highest BCUT2D eigenvalue weighted by atomic mass is 19.4. The summed E-state index contributed by atoms with van der Waals surface area (Å²) >= 11 is 0. The van der Waals surface area contributed by atoms with Crippen LogP contribution < -0.4 is 10.1 Å². The molecule has 2 aromatic carbocycles. The Hall–Kier alpha value is -3.36. The van der Waals surface area contributed by atoms with Crippen molar-refractivity contribution in [1.82, 2.24) is 15.5 Å². The molecule has 1 unspecified atom stereocenters. The van der Waals surface area contributed by atoms with Gasteiger partial charge in [0, 0.05) is 18.4 Å². The number of amides is 1. The molecular weight excluding hydrogens is 399 g/mol. The minimum Gasteiger partial charge on any atom is -0.497 e. The summed E-state index contributed by atoms with van der Waals surface area (Å²) in [5, 5.41) is 6.58. The van der Waals surface area contributed by atoms with E-state index in [0.29, 0.717) is 23.0 Å². The van der Waals surface area contributed by atoms with Gasteiger partial charge in [-0.25, -0.2) is 0 Å². The molecule has 9 heteroatoms. The van der Waals surface area contributed by atoms with Crippen LogP contribution in [0.25, 0.3) is 11.4 Å².